The average Bonchev–Trinajstić information content (AvgIpc) is 3.42. The molecule has 0 heterocycles. The lowest BCUT2D eigenvalue weighted by molar-refractivity contribution is -0.143. The van der Waals surface area contributed by atoms with Crippen LogP contribution in [0.5, 0.6) is 0 Å². The van der Waals surface area contributed by atoms with Crippen molar-refractivity contribution in [2.45, 2.75) is 411 Å². The lowest BCUT2D eigenvalue weighted by Crippen LogP contribution is -2.45. The molecule has 0 fully saturated rings. The van der Waals surface area contributed by atoms with Crippen LogP contribution in [0.25, 0.3) is 0 Å². The van der Waals surface area contributed by atoms with Crippen LogP contribution in [-0.4, -0.2) is 47.4 Å². The summed E-state index contributed by atoms with van der Waals surface area (Å²) in [5, 5.41) is 23.2. The Kier molecular flexibility index (Phi) is 64.9. The molecule has 6 nitrogen and oxygen atoms in total. The minimum absolute atomic E-state index is 0.0218. The smallest absolute Gasteiger partial charge is 0.305 e. The molecule has 76 heavy (non-hydrogen) atoms. The average molecular weight is 1070 g/mol. The SMILES string of the molecule is CCCCCCCCCCCCCCC/C=C/C(O)C(CO)NC(=O)CCCCCCCCCCCCCCCCCCCCCCCCCCCCCCCCCCCOC(=O)CCCCCCCCCCCCC. The first-order valence-electron chi connectivity index (χ1n) is 35.0. The van der Waals surface area contributed by atoms with Crippen LogP contribution in [0.1, 0.15) is 399 Å². The normalized spacial score (nSPS) is 12.5. The van der Waals surface area contributed by atoms with Crippen molar-refractivity contribution in [3.63, 3.8) is 0 Å². The molecule has 0 aliphatic rings. The van der Waals surface area contributed by atoms with Gasteiger partial charge in [0, 0.05) is 12.8 Å². The Bertz CT molecular complexity index is 1140. The number of hydrogen-bond acceptors (Lipinski definition) is 5. The highest BCUT2D eigenvalue weighted by molar-refractivity contribution is 5.76. The molecule has 0 saturated carbocycles. The van der Waals surface area contributed by atoms with Crippen LogP contribution in [0.4, 0.5) is 0 Å². The monoisotopic (exact) mass is 1070 g/mol. The van der Waals surface area contributed by atoms with E-state index in [0.29, 0.717) is 19.4 Å². The van der Waals surface area contributed by atoms with Gasteiger partial charge in [0.15, 0.2) is 0 Å². The molecule has 0 rings (SSSR count). The third kappa shape index (κ3) is 61.8. The fourth-order valence-corrected chi connectivity index (χ4v) is 11.2. The summed E-state index contributed by atoms with van der Waals surface area (Å²) in [6.45, 7) is 4.94. The minimum Gasteiger partial charge on any atom is -0.466 e. The number of amides is 1. The second-order valence-corrected chi connectivity index (χ2v) is 24.2. The number of ether oxygens (including phenoxy) is 1. The van der Waals surface area contributed by atoms with Crippen LogP contribution < -0.4 is 5.32 Å². The molecule has 2 unspecified atom stereocenters. The van der Waals surface area contributed by atoms with E-state index < -0.39 is 12.1 Å². The van der Waals surface area contributed by atoms with Gasteiger partial charge in [0.2, 0.25) is 5.91 Å². The molecule has 0 aromatic rings. The van der Waals surface area contributed by atoms with Gasteiger partial charge in [-0.25, -0.2) is 0 Å². The highest BCUT2D eigenvalue weighted by Gasteiger charge is 2.18. The summed E-state index contributed by atoms with van der Waals surface area (Å²) in [4.78, 5) is 24.5. The number of hydrogen-bond donors (Lipinski definition) is 3. The highest BCUT2D eigenvalue weighted by Crippen LogP contribution is 2.19. The Balaban J connectivity index is 3.32. The van der Waals surface area contributed by atoms with Gasteiger partial charge < -0.3 is 20.3 Å². The maximum absolute atomic E-state index is 12.5. The van der Waals surface area contributed by atoms with E-state index in [1.807, 2.05) is 6.08 Å². The first kappa shape index (κ1) is 74.6. The highest BCUT2D eigenvalue weighted by atomic mass is 16.5. The molecule has 0 saturated heterocycles. The Morgan fingerprint density at radius 1 is 0.355 bits per heavy atom. The summed E-state index contributed by atoms with van der Waals surface area (Å²) in [5.74, 6) is -0.0385. The van der Waals surface area contributed by atoms with E-state index in [0.717, 1.165) is 38.5 Å². The van der Waals surface area contributed by atoms with Crippen LogP contribution in [0, 0.1) is 0 Å². The summed E-state index contributed by atoms with van der Waals surface area (Å²) >= 11 is 0. The zero-order valence-corrected chi connectivity index (χ0v) is 51.8. The Morgan fingerprint density at radius 2 is 0.605 bits per heavy atom. The summed E-state index contributed by atoms with van der Waals surface area (Å²) < 4.78 is 5.48. The summed E-state index contributed by atoms with van der Waals surface area (Å²) in [6, 6.07) is -0.623. The molecule has 452 valence electrons. The molecule has 0 spiro atoms. The van der Waals surface area contributed by atoms with Crippen molar-refractivity contribution >= 4 is 11.9 Å². The maximum atomic E-state index is 12.5. The third-order valence-corrected chi connectivity index (χ3v) is 16.6. The third-order valence-electron chi connectivity index (χ3n) is 16.6. The van der Waals surface area contributed by atoms with E-state index in [-0.39, 0.29) is 18.5 Å². The van der Waals surface area contributed by atoms with Gasteiger partial charge in [0.25, 0.3) is 0 Å². The van der Waals surface area contributed by atoms with Gasteiger partial charge in [-0.3, -0.25) is 9.59 Å². The Morgan fingerprint density at radius 3 is 0.895 bits per heavy atom. The van der Waals surface area contributed by atoms with E-state index in [4.69, 9.17) is 4.74 Å². The predicted molar refractivity (Wildman–Crippen MR) is 333 cm³/mol. The summed E-state index contributed by atoms with van der Waals surface area (Å²) in [7, 11) is 0. The molecular weight excluding hydrogens is 935 g/mol. The molecule has 0 aromatic carbocycles. The van der Waals surface area contributed by atoms with E-state index in [1.165, 1.54) is 334 Å². The number of carbonyl (C=O) groups excluding carboxylic acids is 2. The van der Waals surface area contributed by atoms with Gasteiger partial charge in [-0.1, -0.05) is 366 Å². The number of allylic oxidation sites excluding steroid dienone is 1. The van der Waals surface area contributed by atoms with E-state index in [1.54, 1.807) is 6.08 Å². The second-order valence-electron chi connectivity index (χ2n) is 24.2. The number of esters is 1. The molecule has 0 aliphatic heterocycles. The molecule has 0 aromatic heterocycles. The molecule has 0 aliphatic carbocycles. The maximum Gasteiger partial charge on any atom is 0.305 e. The van der Waals surface area contributed by atoms with Crippen LogP contribution in [-0.2, 0) is 14.3 Å². The van der Waals surface area contributed by atoms with Crippen molar-refractivity contribution in [2.75, 3.05) is 13.2 Å². The summed E-state index contributed by atoms with van der Waals surface area (Å²) in [5.41, 5.74) is 0. The van der Waals surface area contributed by atoms with Gasteiger partial charge >= 0.3 is 5.97 Å². The number of rotatable bonds is 66. The molecule has 1 amide bonds. The first-order valence-corrected chi connectivity index (χ1v) is 35.0. The van der Waals surface area contributed by atoms with Crippen LogP contribution in [0.15, 0.2) is 12.2 Å². The van der Waals surface area contributed by atoms with E-state index in [2.05, 4.69) is 19.2 Å². The molecule has 6 heteroatoms. The van der Waals surface area contributed by atoms with Gasteiger partial charge in [0.05, 0.1) is 25.4 Å². The van der Waals surface area contributed by atoms with Crippen molar-refractivity contribution < 1.29 is 24.5 Å². The first-order chi connectivity index (χ1) is 37.5. The molecular formula is C70H137NO5. The standard InChI is InChI=1S/C70H137NO5/c1-3-5-7-9-11-13-15-16-36-39-43-46-50-54-58-62-68(73)67(66-72)71-69(74)63-59-55-51-47-44-40-37-34-32-30-28-26-24-22-20-18-17-19-21-23-25-27-29-31-33-35-38-41-45-49-53-57-61-65-76-70(75)64-60-56-52-48-42-14-12-10-8-6-4-2/h58,62,67-68,72-73H,3-57,59-61,63-66H2,1-2H3,(H,71,74)/b62-58+. The number of aliphatic hydroxyl groups is 2. The van der Waals surface area contributed by atoms with Crippen molar-refractivity contribution in [3.8, 4) is 0 Å². The number of aliphatic hydroxyl groups excluding tert-OH is 2. The Labute approximate surface area is 476 Å². The van der Waals surface area contributed by atoms with Gasteiger partial charge in [-0.15, -0.1) is 0 Å². The molecule has 0 bridgehead atoms. The Hall–Kier alpha value is -1.40. The second kappa shape index (κ2) is 66.1. The molecule has 0 radical (unpaired) electrons. The predicted octanol–water partition coefficient (Wildman–Crippen LogP) is 22.4. The van der Waals surface area contributed by atoms with E-state index in [9.17, 15) is 19.8 Å². The van der Waals surface area contributed by atoms with Gasteiger partial charge in [-0.05, 0) is 32.1 Å². The number of nitrogens with one attached hydrogen (secondary N) is 1. The zero-order valence-electron chi connectivity index (χ0n) is 51.8. The van der Waals surface area contributed by atoms with Crippen LogP contribution in [0.2, 0.25) is 0 Å². The summed E-state index contributed by atoms with van der Waals surface area (Å²) in [6.07, 6.45) is 81.6. The molecule has 3 N–H and O–H groups in total. The van der Waals surface area contributed by atoms with Crippen LogP contribution in [0.3, 0.4) is 0 Å². The quantitative estimate of drug-likeness (QED) is 0.0320. The van der Waals surface area contributed by atoms with Crippen molar-refractivity contribution in [2.24, 2.45) is 0 Å². The fourth-order valence-electron chi connectivity index (χ4n) is 11.2. The van der Waals surface area contributed by atoms with Crippen molar-refractivity contribution in [3.05, 3.63) is 12.2 Å². The topological polar surface area (TPSA) is 95.9 Å². The van der Waals surface area contributed by atoms with Crippen molar-refractivity contribution in [1.82, 2.24) is 5.32 Å². The molecule has 2 atom stereocenters. The number of unbranched alkanes of at least 4 members (excludes halogenated alkanes) is 55. The fraction of sp³-hybridized carbons (Fsp3) is 0.943. The van der Waals surface area contributed by atoms with Crippen molar-refractivity contribution in [1.29, 1.82) is 0 Å². The largest absolute Gasteiger partial charge is 0.466 e. The van der Waals surface area contributed by atoms with E-state index >= 15 is 0 Å². The lowest BCUT2D eigenvalue weighted by atomic mass is 10.0. The van der Waals surface area contributed by atoms with Gasteiger partial charge in [0.1, 0.15) is 0 Å². The van der Waals surface area contributed by atoms with Gasteiger partial charge in [-0.2, -0.15) is 0 Å². The lowest BCUT2D eigenvalue weighted by Gasteiger charge is -2.20. The van der Waals surface area contributed by atoms with Crippen LogP contribution >= 0.6 is 0 Å². The minimum atomic E-state index is -0.840. The zero-order chi connectivity index (χ0) is 55.0. The number of carbonyl (C=O) groups is 2.